The molecule has 0 aliphatic rings. The molecule has 0 saturated heterocycles. The second-order valence-corrected chi connectivity index (χ2v) is 30.6. The zero-order valence-corrected chi connectivity index (χ0v) is 66.8. The number of hydrogen-bond acceptors (Lipinski definition) is 0. The highest BCUT2D eigenvalue weighted by Crippen LogP contribution is 2.18. The number of allylic oxidation sites excluding steroid dienone is 8. The zero-order chi connectivity index (χ0) is 63.5. The average Bonchev–Trinajstić information content (AvgIpc) is 3.55. The summed E-state index contributed by atoms with van der Waals surface area (Å²) in [6, 6.07) is 0. The fraction of sp³-hybridized carbons (Fsp3) is 0.902. The summed E-state index contributed by atoms with van der Waals surface area (Å²) in [7, 11) is 19.7. The van der Waals surface area contributed by atoms with Crippen molar-refractivity contribution in [2.24, 2.45) is 0 Å². The van der Waals surface area contributed by atoms with Crippen molar-refractivity contribution in [2.75, 3.05) is 102 Å². The highest BCUT2D eigenvalue weighted by Gasteiger charge is 2.27. The van der Waals surface area contributed by atoms with Gasteiger partial charge in [0.2, 0.25) is 6.67 Å². The maximum absolute atomic E-state index is 2.46. The van der Waals surface area contributed by atoms with Gasteiger partial charge in [0.15, 0.2) is 0 Å². The molecular formula is C82H168Cl4N4. The van der Waals surface area contributed by atoms with Crippen molar-refractivity contribution in [3.05, 3.63) is 48.6 Å². The van der Waals surface area contributed by atoms with Crippen molar-refractivity contribution < 1.29 is 67.6 Å². The minimum absolute atomic E-state index is 0. The van der Waals surface area contributed by atoms with Gasteiger partial charge in [-0.3, -0.25) is 8.97 Å². The molecule has 0 aromatic heterocycles. The van der Waals surface area contributed by atoms with Crippen LogP contribution in [0, 0.1) is 0 Å². The summed E-state index contributed by atoms with van der Waals surface area (Å²) in [6.45, 7) is 18.4. The van der Waals surface area contributed by atoms with E-state index in [1.54, 1.807) is 0 Å². The largest absolute Gasteiger partial charge is 1.00 e. The Balaban J connectivity index is -0.000000376. The number of nitrogens with zero attached hydrogens (tertiary/aromatic N) is 4. The van der Waals surface area contributed by atoms with Crippen LogP contribution in [0.4, 0.5) is 0 Å². The minimum Gasteiger partial charge on any atom is -1.00 e. The quantitative estimate of drug-likeness (QED) is 0.0246. The molecule has 8 heteroatoms. The van der Waals surface area contributed by atoms with Gasteiger partial charge in [0.1, 0.15) is 13.1 Å². The summed E-state index contributed by atoms with van der Waals surface area (Å²) in [5.41, 5.74) is 0. The second kappa shape index (κ2) is 78.0. The molecule has 0 amide bonds. The smallest absolute Gasteiger partial charge is 0.206 e. The standard InChI is InChI=1S/C42H86N2.C40H82N2.4ClH/c1-7-9-11-13-15-17-19-21-23-25-27-29-31-33-35-37-39-43(3,4)41-42-44(5,6)40-38-36-34-32-30-28-26-24-22-20-18-16-14-12-10-8-2;1-7-9-11-13-15-17-19-21-23-25-27-29-31-33-35-37-39-42(5,6)40-41(3,4)38-36-34-32-30-28-26-24-22-20-18-16-14-12-10-8-2;;;;/h21-24H,7-20,25-42H2,1-6H3;21-24H,7-20,25-40H2,1-6H3;4*1H/q2*+2;;;;/p-4/b2*23-21-,24-22-;;;;. The molecule has 0 aliphatic carbocycles. The lowest BCUT2D eigenvalue weighted by molar-refractivity contribution is -1.07. The van der Waals surface area contributed by atoms with Crippen molar-refractivity contribution in [1.29, 1.82) is 0 Å². The average molecular weight is 1350 g/mol. The molecule has 0 N–H and O–H groups in total. The molecule has 0 aromatic rings. The molecule has 90 heavy (non-hydrogen) atoms. The van der Waals surface area contributed by atoms with Gasteiger partial charge in [0, 0.05) is 0 Å². The van der Waals surface area contributed by atoms with Crippen LogP contribution in [-0.2, 0) is 0 Å². The van der Waals surface area contributed by atoms with Crippen molar-refractivity contribution in [1.82, 2.24) is 0 Å². The zero-order valence-electron chi connectivity index (χ0n) is 63.8. The molecule has 0 aliphatic heterocycles. The minimum atomic E-state index is 0. The summed E-state index contributed by atoms with van der Waals surface area (Å²) < 4.78 is 4.72. The van der Waals surface area contributed by atoms with E-state index < -0.39 is 0 Å². The van der Waals surface area contributed by atoms with E-state index in [4.69, 9.17) is 0 Å². The third kappa shape index (κ3) is 86.0. The fourth-order valence-electron chi connectivity index (χ4n) is 12.9. The van der Waals surface area contributed by atoms with Crippen LogP contribution in [0.5, 0.6) is 0 Å². The Morgan fingerprint density at radius 2 is 0.289 bits per heavy atom. The van der Waals surface area contributed by atoms with Gasteiger partial charge in [-0.05, 0) is 154 Å². The van der Waals surface area contributed by atoms with Gasteiger partial charge < -0.3 is 58.6 Å². The lowest BCUT2D eigenvalue weighted by atomic mass is 10.1. The predicted molar refractivity (Wildman–Crippen MR) is 396 cm³/mol. The Morgan fingerprint density at radius 3 is 0.456 bits per heavy atom. The van der Waals surface area contributed by atoms with Crippen LogP contribution in [0.25, 0.3) is 0 Å². The molecule has 544 valence electrons. The molecule has 0 unspecified atom stereocenters. The number of hydrogen-bond donors (Lipinski definition) is 0. The Bertz CT molecular complexity index is 1390. The Morgan fingerprint density at radius 1 is 0.156 bits per heavy atom. The van der Waals surface area contributed by atoms with Gasteiger partial charge in [-0.15, -0.1) is 0 Å². The highest BCUT2D eigenvalue weighted by molar-refractivity contribution is 4.83. The number of unbranched alkanes of at least 4 members (excludes halogenated alkanes) is 47. The summed E-state index contributed by atoms with van der Waals surface area (Å²) in [4.78, 5) is 0. The van der Waals surface area contributed by atoms with Gasteiger partial charge in [0.05, 0.1) is 82.6 Å². The van der Waals surface area contributed by atoms with Crippen LogP contribution >= 0.6 is 0 Å². The summed E-state index contributed by atoms with van der Waals surface area (Å²) >= 11 is 0. The van der Waals surface area contributed by atoms with Crippen molar-refractivity contribution in [3.8, 4) is 0 Å². The van der Waals surface area contributed by atoms with Crippen LogP contribution in [-0.4, -0.2) is 120 Å². The van der Waals surface area contributed by atoms with Crippen LogP contribution in [0.2, 0.25) is 0 Å². The molecule has 0 fully saturated rings. The maximum atomic E-state index is 2.46. The maximum Gasteiger partial charge on any atom is 0.206 e. The molecule has 0 saturated carbocycles. The van der Waals surface area contributed by atoms with E-state index in [0.29, 0.717) is 0 Å². The van der Waals surface area contributed by atoms with Gasteiger partial charge in [0.25, 0.3) is 0 Å². The Kier molecular flexibility index (Phi) is 87.5. The molecule has 0 bridgehead atoms. The van der Waals surface area contributed by atoms with Crippen molar-refractivity contribution in [3.63, 3.8) is 0 Å². The van der Waals surface area contributed by atoms with Crippen LogP contribution < -0.4 is 49.6 Å². The third-order valence-corrected chi connectivity index (χ3v) is 18.9. The van der Waals surface area contributed by atoms with E-state index in [1.165, 1.54) is 417 Å². The van der Waals surface area contributed by atoms with Crippen LogP contribution in [0.1, 0.15) is 381 Å². The highest BCUT2D eigenvalue weighted by atomic mass is 35.5. The van der Waals surface area contributed by atoms with Crippen molar-refractivity contribution in [2.45, 2.75) is 381 Å². The SMILES string of the molecule is CCCCCCCC/C=C\CCCCCCCC[N+](C)(C)CC[N+](C)(C)CCCCCCCC/C=C\CCCCCCCC.CCCCCCCC/C=C\CCCCCCCC[N+](C)(C)C[N+](C)(C)CCCCCCC/C=C\CCCCCCCC.[Cl-].[Cl-].[Cl-].[Cl-]. The van der Waals surface area contributed by atoms with Crippen molar-refractivity contribution >= 4 is 0 Å². The van der Waals surface area contributed by atoms with E-state index in [2.05, 4.69) is 133 Å². The summed E-state index contributed by atoms with van der Waals surface area (Å²) in [5.74, 6) is 0. The Hall–Kier alpha value is -0.0400. The normalized spacial score (nSPS) is 12.2. The number of halogens is 4. The molecule has 0 heterocycles. The summed E-state index contributed by atoms with van der Waals surface area (Å²) in [5, 5.41) is 0. The number of quaternary nitrogens is 4. The fourth-order valence-corrected chi connectivity index (χ4v) is 12.9. The van der Waals surface area contributed by atoms with Gasteiger partial charge in [-0.1, -0.05) is 275 Å². The Labute approximate surface area is 595 Å². The molecule has 0 spiro atoms. The molecule has 0 aromatic carbocycles. The van der Waals surface area contributed by atoms with Gasteiger partial charge in [-0.25, -0.2) is 0 Å². The first-order valence-electron chi connectivity index (χ1n) is 39.5. The number of rotatable bonds is 68. The number of likely N-dealkylation sites (N-methyl/N-ethyl adjacent to an activating group) is 2. The second-order valence-electron chi connectivity index (χ2n) is 30.6. The van der Waals surface area contributed by atoms with E-state index in [-0.39, 0.29) is 49.6 Å². The van der Waals surface area contributed by atoms with Crippen LogP contribution in [0.3, 0.4) is 0 Å². The topological polar surface area (TPSA) is 0 Å². The third-order valence-electron chi connectivity index (χ3n) is 18.9. The van der Waals surface area contributed by atoms with Gasteiger partial charge in [-0.2, -0.15) is 0 Å². The van der Waals surface area contributed by atoms with E-state index >= 15 is 0 Å². The molecule has 4 nitrogen and oxygen atoms in total. The first kappa shape index (κ1) is 101. The molecule has 0 rings (SSSR count). The van der Waals surface area contributed by atoms with E-state index in [9.17, 15) is 0 Å². The summed E-state index contributed by atoms with van der Waals surface area (Å²) in [6.07, 6.45) is 96.2. The lowest BCUT2D eigenvalue weighted by Crippen LogP contribution is -3.00. The van der Waals surface area contributed by atoms with E-state index in [1.807, 2.05) is 0 Å². The van der Waals surface area contributed by atoms with Crippen LogP contribution in [0.15, 0.2) is 48.6 Å². The predicted octanol–water partition coefficient (Wildman–Crippen LogP) is 14.0. The molecule has 0 atom stereocenters. The van der Waals surface area contributed by atoms with Gasteiger partial charge >= 0.3 is 0 Å². The first-order chi connectivity index (χ1) is 41.7. The van der Waals surface area contributed by atoms with E-state index in [0.717, 1.165) is 0 Å². The molecule has 0 radical (unpaired) electrons. The lowest BCUT2D eigenvalue weighted by Gasteiger charge is -2.39. The first-order valence-corrected chi connectivity index (χ1v) is 39.5. The monoisotopic (exact) mass is 1350 g/mol. The molecular weight excluding hydrogens is 1180 g/mol.